The second-order valence-corrected chi connectivity index (χ2v) is 5.43. The number of benzene rings is 2. The van der Waals surface area contributed by atoms with Crippen molar-refractivity contribution in [2.75, 3.05) is 0 Å². The molecule has 0 saturated heterocycles. The van der Waals surface area contributed by atoms with Gasteiger partial charge in [-0.15, -0.1) is 0 Å². The van der Waals surface area contributed by atoms with Gasteiger partial charge in [0, 0.05) is 11.0 Å². The second-order valence-electron chi connectivity index (χ2n) is 4.51. The van der Waals surface area contributed by atoms with Crippen LogP contribution in [-0.4, -0.2) is 5.91 Å². The Balaban J connectivity index is 2.13. The fourth-order valence-electron chi connectivity index (χ4n) is 1.78. The van der Waals surface area contributed by atoms with Gasteiger partial charge in [-0.25, -0.2) is 13.2 Å². The molecule has 0 saturated carbocycles. The zero-order chi connectivity index (χ0) is 15.6. The second kappa shape index (κ2) is 6.30. The van der Waals surface area contributed by atoms with Crippen LogP contribution < -0.4 is 5.32 Å². The first kappa shape index (κ1) is 15.6. The van der Waals surface area contributed by atoms with Gasteiger partial charge in [-0.3, -0.25) is 4.79 Å². The van der Waals surface area contributed by atoms with Crippen LogP contribution in [0.15, 0.2) is 34.8 Å². The molecule has 6 heteroatoms. The number of carbonyl (C=O) groups is 1. The zero-order valence-corrected chi connectivity index (χ0v) is 12.6. The molecule has 2 aromatic rings. The number of nitrogens with one attached hydrogen (secondary N) is 1. The third-order valence-corrected chi connectivity index (χ3v) is 3.38. The fraction of sp³-hybridized carbons (Fsp3) is 0.133. The minimum absolute atomic E-state index is 0.0228. The summed E-state index contributed by atoms with van der Waals surface area (Å²) in [6.45, 7) is 1.59. The Labute approximate surface area is 128 Å². The molecule has 0 heterocycles. The lowest BCUT2D eigenvalue weighted by atomic mass is 10.1. The van der Waals surface area contributed by atoms with Gasteiger partial charge in [-0.1, -0.05) is 28.1 Å². The van der Waals surface area contributed by atoms with E-state index in [4.69, 9.17) is 0 Å². The molecule has 0 spiro atoms. The van der Waals surface area contributed by atoms with Gasteiger partial charge >= 0.3 is 0 Å². The van der Waals surface area contributed by atoms with Gasteiger partial charge in [0.05, 0.1) is 0 Å². The van der Waals surface area contributed by atoms with Crippen LogP contribution in [0.4, 0.5) is 13.2 Å². The fourth-order valence-corrected chi connectivity index (χ4v) is 2.18. The Morgan fingerprint density at radius 1 is 1.10 bits per heavy atom. The summed E-state index contributed by atoms with van der Waals surface area (Å²) >= 11 is 2.93. The van der Waals surface area contributed by atoms with Gasteiger partial charge in [0.1, 0.15) is 23.0 Å². The highest BCUT2D eigenvalue weighted by atomic mass is 79.9. The molecule has 2 rings (SSSR count). The van der Waals surface area contributed by atoms with Crippen molar-refractivity contribution in [3.05, 3.63) is 68.9 Å². The third-order valence-electron chi connectivity index (χ3n) is 2.92. The van der Waals surface area contributed by atoms with Crippen LogP contribution in [0.3, 0.4) is 0 Å². The predicted molar refractivity (Wildman–Crippen MR) is 76.4 cm³/mol. The molecule has 0 radical (unpaired) electrons. The highest BCUT2D eigenvalue weighted by molar-refractivity contribution is 9.10. The standard InChI is InChI=1S/C15H11BrF3NO/c1-8-2-3-9(4-11(8)17)7-20-15(21)14-12(18)5-10(16)6-13(14)19/h2-6H,7H2,1H3,(H,20,21). The van der Waals surface area contributed by atoms with Crippen molar-refractivity contribution in [3.63, 3.8) is 0 Å². The summed E-state index contributed by atoms with van der Waals surface area (Å²) in [5.41, 5.74) is 0.324. The van der Waals surface area contributed by atoms with Crippen LogP contribution in [0.5, 0.6) is 0 Å². The minimum Gasteiger partial charge on any atom is -0.348 e. The summed E-state index contributed by atoms with van der Waals surface area (Å²) in [4.78, 5) is 11.8. The largest absolute Gasteiger partial charge is 0.348 e. The molecule has 21 heavy (non-hydrogen) atoms. The van der Waals surface area contributed by atoms with E-state index in [1.807, 2.05) is 0 Å². The van der Waals surface area contributed by atoms with E-state index in [1.165, 1.54) is 6.07 Å². The summed E-state index contributed by atoms with van der Waals surface area (Å²) < 4.78 is 40.8. The molecule has 0 unspecified atom stereocenters. The summed E-state index contributed by atoms with van der Waals surface area (Å²) in [6.07, 6.45) is 0. The molecule has 2 nitrogen and oxygen atoms in total. The Morgan fingerprint density at radius 2 is 1.71 bits per heavy atom. The predicted octanol–water partition coefficient (Wildman–Crippen LogP) is 4.10. The number of carbonyl (C=O) groups excluding carboxylic acids is 1. The molecule has 0 aliphatic carbocycles. The lowest BCUT2D eigenvalue weighted by Gasteiger charge is -2.08. The third kappa shape index (κ3) is 3.64. The molecule has 110 valence electrons. The molecular formula is C15H11BrF3NO. The number of amides is 1. The lowest BCUT2D eigenvalue weighted by Crippen LogP contribution is -2.25. The molecule has 0 aromatic heterocycles. The number of hydrogen-bond acceptors (Lipinski definition) is 1. The van der Waals surface area contributed by atoms with E-state index < -0.39 is 28.9 Å². The Hall–Kier alpha value is -1.82. The number of aryl methyl sites for hydroxylation is 1. The summed E-state index contributed by atoms with van der Waals surface area (Å²) in [7, 11) is 0. The maximum atomic E-state index is 13.6. The van der Waals surface area contributed by atoms with Crippen LogP contribution in [0, 0.1) is 24.4 Å². The normalized spacial score (nSPS) is 10.5. The SMILES string of the molecule is Cc1ccc(CNC(=O)c2c(F)cc(Br)cc2F)cc1F. The monoisotopic (exact) mass is 357 g/mol. The molecule has 2 aromatic carbocycles. The van der Waals surface area contributed by atoms with Crippen molar-refractivity contribution in [2.45, 2.75) is 13.5 Å². The number of hydrogen-bond donors (Lipinski definition) is 1. The Morgan fingerprint density at radius 3 is 2.29 bits per heavy atom. The van der Waals surface area contributed by atoms with Gasteiger partial charge in [-0.2, -0.15) is 0 Å². The van der Waals surface area contributed by atoms with Gasteiger partial charge in [0.25, 0.3) is 5.91 Å². The summed E-state index contributed by atoms with van der Waals surface area (Å²) in [5.74, 6) is -3.22. The number of halogens is 4. The molecule has 1 N–H and O–H groups in total. The molecular weight excluding hydrogens is 347 g/mol. The van der Waals surface area contributed by atoms with Crippen molar-refractivity contribution in [2.24, 2.45) is 0 Å². The highest BCUT2D eigenvalue weighted by Crippen LogP contribution is 2.19. The van der Waals surface area contributed by atoms with Crippen molar-refractivity contribution < 1.29 is 18.0 Å². The molecule has 0 atom stereocenters. The van der Waals surface area contributed by atoms with E-state index in [2.05, 4.69) is 21.2 Å². The summed E-state index contributed by atoms with van der Waals surface area (Å²) in [5, 5.41) is 2.36. The maximum Gasteiger partial charge on any atom is 0.257 e. The van der Waals surface area contributed by atoms with Gasteiger partial charge in [0.15, 0.2) is 0 Å². The van der Waals surface area contributed by atoms with Crippen molar-refractivity contribution >= 4 is 21.8 Å². The van der Waals surface area contributed by atoms with E-state index >= 15 is 0 Å². The van der Waals surface area contributed by atoms with Crippen molar-refractivity contribution in [1.82, 2.24) is 5.32 Å². The van der Waals surface area contributed by atoms with Crippen LogP contribution in [0.25, 0.3) is 0 Å². The lowest BCUT2D eigenvalue weighted by molar-refractivity contribution is 0.0942. The van der Waals surface area contributed by atoms with E-state index in [0.29, 0.717) is 11.1 Å². The van der Waals surface area contributed by atoms with Crippen LogP contribution in [-0.2, 0) is 6.54 Å². The van der Waals surface area contributed by atoms with E-state index in [-0.39, 0.29) is 11.0 Å². The summed E-state index contributed by atoms with van der Waals surface area (Å²) in [6, 6.07) is 6.47. The van der Waals surface area contributed by atoms with E-state index in [1.54, 1.807) is 19.1 Å². The number of rotatable bonds is 3. The zero-order valence-electron chi connectivity index (χ0n) is 11.0. The van der Waals surface area contributed by atoms with Gasteiger partial charge < -0.3 is 5.32 Å². The maximum absolute atomic E-state index is 13.6. The van der Waals surface area contributed by atoms with Gasteiger partial charge in [-0.05, 0) is 36.2 Å². The average molecular weight is 358 g/mol. The Bertz CT molecular complexity index is 680. The van der Waals surface area contributed by atoms with Crippen molar-refractivity contribution in [3.8, 4) is 0 Å². The van der Waals surface area contributed by atoms with E-state index in [9.17, 15) is 18.0 Å². The smallest absolute Gasteiger partial charge is 0.257 e. The molecule has 0 aliphatic heterocycles. The first-order chi connectivity index (χ1) is 9.88. The first-order valence-corrected chi connectivity index (χ1v) is 6.85. The Kier molecular flexibility index (Phi) is 4.67. The molecule has 0 aliphatic rings. The molecule has 0 fully saturated rings. The topological polar surface area (TPSA) is 29.1 Å². The van der Waals surface area contributed by atoms with Crippen molar-refractivity contribution in [1.29, 1.82) is 0 Å². The van der Waals surface area contributed by atoms with Crippen LogP contribution >= 0.6 is 15.9 Å². The highest BCUT2D eigenvalue weighted by Gasteiger charge is 2.18. The minimum atomic E-state index is -0.963. The first-order valence-electron chi connectivity index (χ1n) is 6.06. The van der Waals surface area contributed by atoms with Gasteiger partial charge in [0.2, 0.25) is 0 Å². The molecule has 1 amide bonds. The average Bonchev–Trinajstić information content (AvgIpc) is 2.39. The quantitative estimate of drug-likeness (QED) is 0.879. The van der Waals surface area contributed by atoms with Crippen LogP contribution in [0.2, 0.25) is 0 Å². The van der Waals surface area contributed by atoms with Crippen LogP contribution in [0.1, 0.15) is 21.5 Å². The molecule has 0 bridgehead atoms. The van der Waals surface area contributed by atoms with E-state index in [0.717, 1.165) is 12.1 Å².